The van der Waals surface area contributed by atoms with Crippen LogP contribution in [0.1, 0.15) is 74.8 Å². The van der Waals surface area contributed by atoms with Crippen molar-refractivity contribution in [3.8, 4) is 0 Å². The van der Waals surface area contributed by atoms with Crippen molar-refractivity contribution < 1.29 is 0 Å². The van der Waals surface area contributed by atoms with Gasteiger partial charge < -0.3 is 5.32 Å². The Hall–Kier alpha value is -0.820. The SMILES string of the molecule is CCCNC1CCCC1c1ccc(C2CCC2)cc1. The summed E-state index contributed by atoms with van der Waals surface area (Å²) in [6.07, 6.45) is 9.59. The minimum atomic E-state index is 0.717. The van der Waals surface area contributed by atoms with Gasteiger partial charge in [0, 0.05) is 6.04 Å². The van der Waals surface area contributed by atoms with Gasteiger partial charge in [0.25, 0.3) is 0 Å². The second kappa shape index (κ2) is 6.09. The zero-order chi connectivity index (χ0) is 13.1. The van der Waals surface area contributed by atoms with Gasteiger partial charge in [-0.15, -0.1) is 0 Å². The molecule has 19 heavy (non-hydrogen) atoms. The van der Waals surface area contributed by atoms with Crippen LogP contribution in [-0.4, -0.2) is 12.6 Å². The molecule has 2 fully saturated rings. The molecular weight excluding hydrogens is 230 g/mol. The van der Waals surface area contributed by atoms with Crippen molar-refractivity contribution in [3.05, 3.63) is 35.4 Å². The van der Waals surface area contributed by atoms with Crippen molar-refractivity contribution in [2.45, 2.75) is 69.7 Å². The Kier molecular flexibility index (Phi) is 4.22. The summed E-state index contributed by atoms with van der Waals surface area (Å²) in [5, 5.41) is 3.74. The molecular formula is C18H27N. The predicted octanol–water partition coefficient (Wildman–Crippen LogP) is 4.59. The lowest BCUT2D eigenvalue weighted by Gasteiger charge is -2.27. The summed E-state index contributed by atoms with van der Waals surface area (Å²) in [5.41, 5.74) is 3.14. The lowest BCUT2D eigenvalue weighted by atomic mass is 9.79. The molecule has 1 N–H and O–H groups in total. The third-order valence-electron chi connectivity index (χ3n) is 5.11. The maximum absolute atomic E-state index is 3.74. The summed E-state index contributed by atoms with van der Waals surface area (Å²) in [5.74, 6) is 1.62. The fraction of sp³-hybridized carbons (Fsp3) is 0.667. The number of benzene rings is 1. The summed E-state index contributed by atoms with van der Waals surface area (Å²) >= 11 is 0. The first kappa shape index (κ1) is 13.2. The highest BCUT2D eigenvalue weighted by Crippen LogP contribution is 2.38. The number of rotatable bonds is 5. The van der Waals surface area contributed by atoms with Gasteiger partial charge in [-0.25, -0.2) is 0 Å². The molecule has 0 aromatic heterocycles. The quantitative estimate of drug-likeness (QED) is 0.813. The van der Waals surface area contributed by atoms with Gasteiger partial charge in [0.1, 0.15) is 0 Å². The molecule has 1 aromatic carbocycles. The Morgan fingerprint density at radius 3 is 2.26 bits per heavy atom. The Bertz CT molecular complexity index is 391. The molecule has 2 saturated carbocycles. The van der Waals surface area contributed by atoms with E-state index in [1.54, 1.807) is 11.1 Å². The highest BCUT2D eigenvalue weighted by Gasteiger charge is 2.28. The summed E-state index contributed by atoms with van der Waals surface area (Å²) in [6.45, 7) is 3.42. The van der Waals surface area contributed by atoms with E-state index in [0.29, 0.717) is 0 Å². The van der Waals surface area contributed by atoms with Crippen LogP contribution in [0.3, 0.4) is 0 Å². The largest absolute Gasteiger partial charge is 0.313 e. The van der Waals surface area contributed by atoms with Gasteiger partial charge in [-0.2, -0.15) is 0 Å². The van der Waals surface area contributed by atoms with E-state index >= 15 is 0 Å². The molecule has 2 atom stereocenters. The first-order chi connectivity index (χ1) is 9.38. The Balaban J connectivity index is 1.66. The highest BCUT2D eigenvalue weighted by molar-refractivity contribution is 5.30. The first-order valence-electron chi connectivity index (χ1n) is 8.21. The molecule has 2 aliphatic rings. The Morgan fingerprint density at radius 1 is 0.947 bits per heavy atom. The fourth-order valence-corrected chi connectivity index (χ4v) is 3.69. The van der Waals surface area contributed by atoms with Crippen LogP contribution in [-0.2, 0) is 0 Å². The van der Waals surface area contributed by atoms with Gasteiger partial charge in [-0.1, -0.05) is 44.0 Å². The highest BCUT2D eigenvalue weighted by atomic mass is 14.9. The molecule has 1 nitrogen and oxygen atoms in total. The van der Waals surface area contributed by atoms with Crippen molar-refractivity contribution in [1.82, 2.24) is 5.32 Å². The smallest absolute Gasteiger partial charge is 0.0136 e. The van der Waals surface area contributed by atoms with Crippen LogP contribution in [0.5, 0.6) is 0 Å². The maximum Gasteiger partial charge on any atom is 0.0136 e. The average Bonchev–Trinajstić information content (AvgIpc) is 2.83. The molecule has 0 radical (unpaired) electrons. The first-order valence-corrected chi connectivity index (χ1v) is 8.21. The van der Waals surface area contributed by atoms with E-state index < -0.39 is 0 Å². The summed E-state index contributed by atoms with van der Waals surface area (Å²) < 4.78 is 0. The van der Waals surface area contributed by atoms with Crippen LogP contribution in [0.4, 0.5) is 0 Å². The number of nitrogens with one attached hydrogen (secondary N) is 1. The Labute approximate surface area is 117 Å². The molecule has 2 unspecified atom stereocenters. The van der Waals surface area contributed by atoms with Gasteiger partial charge >= 0.3 is 0 Å². The summed E-state index contributed by atoms with van der Waals surface area (Å²) in [6, 6.07) is 10.3. The molecule has 0 saturated heterocycles. The van der Waals surface area contributed by atoms with Crippen LogP contribution in [0.25, 0.3) is 0 Å². The van der Waals surface area contributed by atoms with Gasteiger partial charge in [0.15, 0.2) is 0 Å². The molecule has 0 amide bonds. The molecule has 1 aromatic rings. The van der Waals surface area contributed by atoms with E-state index in [0.717, 1.165) is 17.9 Å². The third-order valence-corrected chi connectivity index (χ3v) is 5.11. The third kappa shape index (κ3) is 2.86. The summed E-state index contributed by atoms with van der Waals surface area (Å²) in [7, 11) is 0. The molecule has 0 heterocycles. The zero-order valence-corrected chi connectivity index (χ0v) is 12.2. The number of hydrogen-bond acceptors (Lipinski definition) is 1. The summed E-state index contributed by atoms with van der Waals surface area (Å²) in [4.78, 5) is 0. The van der Waals surface area contributed by atoms with Crippen LogP contribution in [0, 0.1) is 0 Å². The van der Waals surface area contributed by atoms with E-state index in [4.69, 9.17) is 0 Å². The molecule has 0 bridgehead atoms. The average molecular weight is 257 g/mol. The van der Waals surface area contributed by atoms with E-state index in [9.17, 15) is 0 Å². The molecule has 0 aliphatic heterocycles. The van der Waals surface area contributed by atoms with Crippen molar-refractivity contribution in [3.63, 3.8) is 0 Å². The molecule has 3 rings (SSSR count). The fourth-order valence-electron chi connectivity index (χ4n) is 3.69. The second-order valence-electron chi connectivity index (χ2n) is 6.39. The van der Waals surface area contributed by atoms with Crippen LogP contribution in [0.15, 0.2) is 24.3 Å². The monoisotopic (exact) mass is 257 g/mol. The predicted molar refractivity (Wildman–Crippen MR) is 81.7 cm³/mol. The lowest BCUT2D eigenvalue weighted by molar-refractivity contribution is 0.419. The minimum absolute atomic E-state index is 0.717. The van der Waals surface area contributed by atoms with E-state index in [1.165, 1.54) is 51.5 Å². The maximum atomic E-state index is 3.74. The van der Waals surface area contributed by atoms with Crippen molar-refractivity contribution >= 4 is 0 Å². The van der Waals surface area contributed by atoms with E-state index in [-0.39, 0.29) is 0 Å². The van der Waals surface area contributed by atoms with Gasteiger partial charge in [-0.3, -0.25) is 0 Å². The standard InChI is InChI=1S/C18H27N/c1-2-13-19-18-8-4-7-17(18)16-11-9-15(10-12-16)14-5-3-6-14/h9-12,14,17-19H,2-8,13H2,1H3. The van der Waals surface area contributed by atoms with Crippen molar-refractivity contribution in [1.29, 1.82) is 0 Å². The zero-order valence-electron chi connectivity index (χ0n) is 12.2. The molecule has 104 valence electrons. The lowest BCUT2D eigenvalue weighted by Crippen LogP contribution is -2.31. The van der Waals surface area contributed by atoms with Crippen LogP contribution < -0.4 is 5.32 Å². The van der Waals surface area contributed by atoms with Gasteiger partial charge in [0.05, 0.1) is 0 Å². The van der Waals surface area contributed by atoms with Gasteiger partial charge in [0.2, 0.25) is 0 Å². The van der Waals surface area contributed by atoms with Crippen molar-refractivity contribution in [2.24, 2.45) is 0 Å². The van der Waals surface area contributed by atoms with E-state index in [1.807, 2.05) is 0 Å². The molecule has 0 spiro atoms. The molecule has 1 heteroatoms. The minimum Gasteiger partial charge on any atom is -0.313 e. The van der Waals surface area contributed by atoms with Gasteiger partial charge in [-0.05, 0) is 61.6 Å². The topological polar surface area (TPSA) is 12.0 Å². The molecule has 2 aliphatic carbocycles. The van der Waals surface area contributed by atoms with E-state index in [2.05, 4.69) is 36.5 Å². The number of hydrogen-bond donors (Lipinski definition) is 1. The van der Waals surface area contributed by atoms with Crippen LogP contribution in [0.2, 0.25) is 0 Å². The normalized spacial score (nSPS) is 27.4. The Morgan fingerprint density at radius 2 is 1.63 bits per heavy atom. The van der Waals surface area contributed by atoms with Crippen LogP contribution >= 0.6 is 0 Å². The van der Waals surface area contributed by atoms with Crippen molar-refractivity contribution in [2.75, 3.05) is 6.54 Å². The second-order valence-corrected chi connectivity index (χ2v) is 6.39.